The summed E-state index contributed by atoms with van der Waals surface area (Å²) in [7, 11) is 0. The maximum absolute atomic E-state index is 5.95. The van der Waals surface area contributed by atoms with Gasteiger partial charge >= 0.3 is 0 Å². The van der Waals surface area contributed by atoms with Gasteiger partial charge in [-0.3, -0.25) is 0 Å². The molecule has 0 bridgehead atoms. The van der Waals surface area contributed by atoms with Crippen molar-refractivity contribution >= 4 is 11.0 Å². The van der Waals surface area contributed by atoms with Crippen molar-refractivity contribution in [3.05, 3.63) is 59.2 Å². The predicted molar refractivity (Wildman–Crippen MR) is 92.4 cm³/mol. The van der Waals surface area contributed by atoms with Gasteiger partial charge in [-0.05, 0) is 62.4 Å². The molecule has 3 rings (SSSR count). The summed E-state index contributed by atoms with van der Waals surface area (Å²) in [4.78, 5) is 0. The summed E-state index contributed by atoms with van der Waals surface area (Å²) in [6, 6.07) is 14.7. The zero-order valence-electron chi connectivity index (χ0n) is 14.0. The molecule has 1 atom stereocenters. The van der Waals surface area contributed by atoms with Gasteiger partial charge in [-0.2, -0.15) is 0 Å². The molecule has 0 aliphatic carbocycles. The van der Waals surface area contributed by atoms with Crippen molar-refractivity contribution < 1.29 is 4.74 Å². The van der Waals surface area contributed by atoms with Crippen LogP contribution in [0, 0.1) is 13.8 Å². The number of benzene rings is 2. The molecule has 1 unspecified atom stereocenters. The van der Waals surface area contributed by atoms with Crippen molar-refractivity contribution in [3.8, 4) is 0 Å². The van der Waals surface area contributed by atoms with Crippen LogP contribution in [0.4, 0.5) is 0 Å². The van der Waals surface area contributed by atoms with Crippen LogP contribution >= 0.6 is 0 Å². The number of rotatable bonds is 6. The first kappa shape index (κ1) is 15.7. The second kappa shape index (κ2) is 6.92. The number of hydrogen-bond donors (Lipinski definition) is 0. The van der Waals surface area contributed by atoms with Gasteiger partial charge in [-0.1, -0.05) is 35.5 Å². The molecule has 0 saturated heterocycles. The summed E-state index contributed by atoms with van der Waals surface area (Å²) in [5.41, 5.74) is 5.77. The fraction of sp³-hybridized carbons (Fsp3) is 0.368. The van der Waals surface area contributed by atoms with Crippen LogP contribution in [0.5, 0.6) is 0 Å². The number of aromatic nitrogens is 3. The lowest BCUT2D eigenvalue weighted by molar-refractivity contribution is -0.00235. The zero-order valence-corrected chi connectivity index (χ0v) is 14.0. The molecule has 4 nitrogen and oxygen atoms in total. The molecular weight excluding hydrogens is 286 g/mol. The fourth-order valence-electron chi connectivity index (χ4n) is 2.81. The average Bonchev–Trinajstić information content (AvgIpc) is 2.95. The van der Waals surface area contributed by atoms with E-state index in [9.17, 15) is 0 Å². The highest BCUT2D eigenvalue weighted by Crippen LogP contribution is 2.23. The Morgan fingerprint density at radius 2 is 1.83 bits per heavy atom. The molecule has 0 radical (unpaired) electrons. The Hall–Kier alpha value is -2.20. The Labute approximate surface area is 137 Å². The molecule has 0 N–H and O–H groups in total. The zero-order chi connectivity index (χ0) is 16.2. The molecule has 0 aliphatic heterocycles. The van der Waals surface area contributed by atoms with Gasteiger partial charge in [0.1, 0.15) is 5.52 Å². The first-order chi connectivity index (χ1) is 11.2. The summed E-state index contributed by atoms with van der Waals surface area (Å²) in [6.07, 6.45) is 1.74. The third-order valence-corrected chi connectivity index (χ3v) is 4.24. The second-order valence-corrected chi connectivity index (χ2v) is 5.89. The standard InChI is InChI=1S/C19H23N3O/c1-4-23-19(11-10-16-8-6-5-7-9-16)22-18-13-15(3)14(2)12-17(18)20-21-22/h5-9,12-13,19H,4,10-11H2,1-3H3. The van der Waals surface area contributed by atoms with E-state index in [1.165, 1.54) is 16.7 Å². The molecule has 1 heterocycles. The summed E-state index contributed by atoms with van der Waals surface area (Å²) < 4.78 is 7.87. The number of aryl methyl sites for hydroxylation is 3. The molecule has 0 spiro atoms. The fourth-order valence-corrected chi connectivity index (χ4v) is 2.81. The third-order valence-electron chi connectivity index (χ3n) is 4.24. The van der Waals surface area contributed by atoms with Crippen molar-refractivity contribution in [2.24, 2.45) is 0 Å². The van der Waals surface area contributed by atoms with Crippen LogP contribution in [0.1, 0.15) is 36.3 Å². The number of nitrogens with zero attached hydrogens (tertiary/aromatic N) is 3. The third kappa shape index (κ3) is 3.42. The molecule has 0 fully saturated rings. The summed E-state index contributed by atoms with van der Waals surface area (Å²) in [5.74, 6) is 0. The van der Waals surface area contributed by atoms with E-state index in [1.807, 2.05) is 17.7 Å². The van der Waals surface area contributed by atoms with Crippen molar-refractivity contribution in [2.75, 3.05) is 6.61 Å². The first-order valence-corrected chi connectivity index (χ1v) is 8.16. The van der Waals surface area contributed by atoms with Gasteiger partial charge in [0.2, 0.25) is 0 Å². The Balaban J connectivity index is 1.87. The van der Waals surface area contributed by atoms with Crippen molar-refractivity contribution in [2.45, 2.75) is 39.8 Å². The topological polar surface area (TPSA) is 39.9 Å². The van der Waals surface area contributed by atoms with Gasteiger partial charge in [-0.15, -0.1) is 5.10 Å². The van der Waals surface area contributed by atoms with E-state index in [2.05, 4.69) is 60.6 Å². The Bertz CT molecular complexity index is 780. The molecule has 2 aromatic carbocycles. The second-order valence-electron chi connectivity index (χ2n) is 5.89. The number of ether oxygens (including phenoxy) is 1. The van der Waals surface area contributed by atoms with Gasteiger partial charge < -0.3 is 4.74 Å². The molecule has 1 aromatic heterocycles. The van der Waals surface area contributed by atoms with Crippen molar-refractivity contribution in [3.63, 3.8) is 0 Å². The molecule has 23 heavy (non-hydrogen) atoms. The minimum absolute atomic E-state index is 0.0905. The molecule has 120 valence electrons. The lowest BCUT2D eigenvalue weighted by atomic mass is 10.1. The summed E-state index contributed by atoms with van der Waals surface area (Å²) in [5, 5.41) is 8.66. The minimum Gasteiger partial charge on any atom is -0.357 e. The predicted octanol–water partition coefficient (Wildman–Crippen LogP) is 4.22. The Kier molecular flexibility index (Phi) is 4.72. The van der Waals surface area contributed by atoms with Crippen molar-refractivity contribution in [1.82, 2.24) is 15.0 Å². The molecule has 0 saturated carbocycles. The van der Waals surface area contributed by atoms with E-state index in [1.54, 1.807) is 0 Å². The summed E-state index contributed by atoms with van der Waals surface area (Å²) in [6.45, 7) is 6.89. The lowest BCUT2D eigenvalue weighted by Gasteiger charge is -2.18. The van der Waals surface area contributed by atoms with Crippen LogP contribution in [0.3, 0.4) is 0 Å². The van der Waals surface area contributed by atoms with E-state index in [4.69, 9.17) is 4.74 Å². The minimum atomic E-state index is -0.0905. The van der Waals surface area contributed by atoms with Gasteiger partial charge in [0.25, 0.3) is 0 Å². The summed E-state index contributed by atoms with van der Waals surface area (Å²) >= 11 is 0. The van der Waals surface area contributed by atoms with Crippen LogP contribution in [0.2, 0.25) is 0 Å². The van der Waals surface area contributed by atoms with Crippen LogP contribution in [-0.2, 0) is 11.2 Å². The van der Waals surface area contributed by atoms with Gasteiger partial charge in [-0.25, -0.2) is 4.68 Å². The molecule has 4 heteroatoms. The van der Waals surface area contributed by atoms with Gasteiger partial charge in [0.15, 0.2) is 6.23 Å². The largest absolute Gasteiger partial charge is 0.357 e. The van der Waals surface area contributed by atoms with Gasteiger partial charge in [0, 0.05) is 6.61 Å². The van der Waals surface area contributed by atoms with Gasteiger partial charge in [0.05, 0.1) is 5.52 Å². The maximum Gasteiger partial charge on any atom is 0.152 e. The van der Waals surface area contributed by atoms with E-state index >= 15 is 0 Å². The van der Waals surface area contributed by atoms with E-state index in [0.29, 0.717) is 6.61 Å². The van der Waals surface area contributed by atoms with Crippen LogP contribution in [-0.4, -0.2) is 21.6 Å². The van der Waals surface area contributed by atoms with Crippen LogP contribution in [0.15, 0.2) is 42.5 Å². The first-order valence-electron chi connectivity index (χ1n) is 8.16. The molecule has 0 amide bonds. The average molecular weight is 309 g/mol. The SMILES string of the molecule is CCOC(CCc1ccccc1)n1nnc2cc(C)c(C)cc21. The quantitative estimate of drug-likeness (QED) is 0.684. The molecule has 3 aromatic rings. The monoisotopic (exact) mass is 309 g/mol. The lowest BCUT2D eigenvalue weighted by Crippen LogP contribution is -2.15. The maximum atomic E-state index is 5.95. The smallest absolute Gasteiger partial charge is 0.152 e. The Morgan fingerprint density at radius 3 is 2.57 bits per heavy atom. The van der Waals surface area contributed by atoms with Crippen LogP contribution < -0.4 is 0 Å². The van der Waals surface area contributed by atoms with E-state index in [-0.39, 0.29) is 6.23 Å². The van der Waals surface area contributed by atoms with E-state index < -0.39 is 0 Å². The normalized spacial score (nSPS) is 12.7. The number of fused-ring (bicyclic) bond motifs is 1. The Morgan fingerprint density at radius 1 is 1.09 bits per heavy atom. The van der Waals surface area contributed by atoms with Crippen LogP contribution in [0.25, 0.3) is 11.0 Å². The molecular formula is C19H23N3O. The van der Waals surface area contributed by atoms with Crippen molar-refractivity contribution in [1.29, 1.82) is 0 Å². The highest BCUT2D eigenvalue weighted by Gasteiger charge is 2.16. The number of hydrogen-bond acceptors (Lipinski definition) is 3. The molecule has 0 aliphatic rings. The highest BCUT2D eigenvalue weighted by atomic mass is 16.5. The van der Waals surface area contributed by atoms with E-state index in [0.717, 1.165) is 23.9 Å². The highest BCUT2D eigenvalue weighted by molar-refractivity contribution is 5.76.